The molecule has 4 nitrogen and oxygen atoms in total. The van der Waals surface area contributed by atoms with E-state index in [1.807, 2.05) is 6.07 Å². The quantitative estimate of drug-likeness (QED) is 0.534. The van der Waals surface area contributed by atoms with Crippen molar-refractivity contribution < 1.29 is 9.84 Å². The fraction of sp³-hybridized carbons (Fsp3) is 0.300. The second-order valence-corrected chi connectivity index (χ2v) is 3.33. The molecule has 0 aromatic heterocycles. The van der Waals surface area contributed by atoms with Crippen LogP contribution in [0.3, 0.4) is 0 Å². The maximum absolute atomic E-state index is 9.22. The van der Waals surface area contributed by atoms with Gasteiger partial charge in [0.05, 0.1) is 6.61 Å². The molecule has 0 aliphatic carbocycles. The topological polar surface area (TPSA) is 53.5 Å². The van der Waals surface area contributed by atoms with Gasteiger partial charge >= 0.3 is 0 Å². The molecular formula is C10H14N2O2S. The van der Waals surface area contributed by atoms with Crippen LogP contribution in [0, 0.1) is 0 Å². The lowest BCUT2D eigenvalue weighted by Gasteiger charge is -2.09. The number of rotatable bonds is 4. The molecule has 0 heterocycles. The summed E-state index contributed by atoms with van der Waals surface area (Å²) in [6.07, 6.45) is 0. The van der Waals surface area contributed by atoms with Crippen LogP contribution in [0.25, 0.3) is 0 Å². The van der Waals surface area contributed by atoms with Gasteiger partial charge < -0.3 is 20.5 Å². The third kappa shape index (κ3) is 4.62. The molecule has 0 amide bonds. The first kappa shape index (κ1) is 11.7. The Kier molecular flexibility index (Phi) is 4.86. The van der Waals surface area contributed by atoms with Crippen LogP contribution in [-0.4, -0.2) is 30.5 Å². The van der Waals surface area contributed by atoms with Crippen LogP contribution >= 0.6 is 12.2 Å². The third-order valence-electron chi connectivity index (χ3n) is 1.70. The van der Waals surface area contributed by atoms with Crippen LogP contribution in [0.2, 0.25) is 0 Å². The highest BCUT2D eigenvalue weighted by Gasteiger charge is 1.97. The Hall–Kier alpha value is -1.33. The van der Waals surface area contributed by atoms with Crippen molar-refractivity contribution in [1.29, 1.82) is 0 Å². The molecule has 1 rings (SSSR count). The van der Waals surface area contributed by atoms with Gasteiger partial charge in [0, 0.05) is 25.4 Å². The fourth-order valence-corrected chi connectivity index (χ4v) is 1.25. The first-order valence-electron chi connectivity index (χ1n) is 4.55. The van der Waals surface area contributed by atoms with Crippen molar-refractivity contribution in [2.24, 2.45) is 0 Å². The van der Waals surface area contributed by atoms with E-state index < -0.39 is 0 Å². The van der Waals surface area contributed by atoms with Crippen molar-refractivity contribution in [2.45, 2.75) is 0 Å². The van der Waals surface area contributed by atoms with Crippen molar-refractivity contribution in [3.05, 3.63) is 24.3 Å². The van der Waals surface area contributed by atoms with E-state index in [0.717, 1.165) is 5.69 Å². The average molecular weight is 226 g/mol. The van der Waals surface area contributed by atoms with Gasteiger partial charge in [-0.3, -0.25) is 0 Å². The molecule has 0 radical (unpaired) electrons. The summed E-state index contributed by atoms with van der Waals surface area (Å²) in [6.45, 7) is 1.25. The summed E-state index contributed by atoms with van der Waals surface area (Å²) in [5.41, 5.74) is 0.755. The number of benzene rings is 1. The predicted molar refractivity (Wildman–Crippen MR) is 64.2 cm³/mol. The molecule has 5 heteroatoms. The van der Waals surface area contributed by atoms with Crippen LogP contribution in [0.1, 0.15) is 0 Å². The minimum Gasteiger partial charge on any atom is -0.508 e. The largest absolute Gasteiger partial charge is 0.508 e. The number of phenolic OH excluding ortho intramolecular Hbond substituents is 1. The van der Waals surface area contributed by atoms with E-state index in [-0.39, 0.29) is 5.75 Å². The second-order valence-electron chi connectivity index (χ2n) is 2.92. The number of ether oxygens (including phenoxy) is 1. The molecule has 82 valence electrons. The van der Waals surface area contributed by atoms with E-state index in [1.165, 1.54) is 0 Å². The van der Waals surface area contributed by atoms with Crippen molar-refractivity contribution in [3.8, 4) is 5.75 Å². The Labute approximate surface area is 94.3 Å². The minimum atomic E-state index is 0.208. The number of hydrogen-bond acceptors (Lipinski definition) is 3. The molecule has 0 spiro atoms. The van der Waals surface area contributed by atoms with Gasteiger partial charge in [0.1, 0.15) is 5.75 Å². The van der Waals surface area contributed by atoms with Crippen LogP contribution in [0.5, 0.6) is 5.75 Å². The van der Waals surface area contributed by atoms with Gasteiger partial charge in [-0.05, 0) is 24.4 Å². The Morgan fingerprint density at radius 2 is 2.33 bits per heavy atom. The van der Waals surface area contributed by atoms with Gasteiger partial charge in [0.2, 0.25) is 0 Å². The Balaban J connectivity index is 2.37. The van der Waals surface area contributed by atoms with E-state index in [4.69, 9.17) is 17.0 Å². The number of thiocarbonyl (C=S) groups is 1. The zero-order valence-corrected chi connectivity index (χ0v) is 9.30. The van der Waals surface area contributed by atoms with Crippen molar-refractivity contribution in [2.75, 3.05) is 25.6 Å². The van der Waals surface area contributed by atoms with Gasteiger partial charge in [-0.1, -0.05) is 6.07 Å². The Bertz CT molecular complexity index is 331. The lowest BCUT2D eigenvalue weighted by atomic mass is 10.3. The molecule has 3 N–H and O–H groups in total. The van der Waals surface area contributed by atoms with E-state index in [1.54, 1.807) is 25.3 Å². The van der Waals surface area contributed by atoms with E-state index in [9.17, 15) is 5.11 Å². The molecule has 1 aromatic rings. The van der Waals surface area contributed by atoms with Crippen LogP contribution in [0.4, 0.5) is 5.69 Å². The summed E-state index contributed by atoms with van der Waals surface area (Å²) in [7, 11) is 1.63. The standard InChI is InChI=1S/C10H14N2O2S/c1-14-6-5-11-10(15)12-8-3-2-4-9(13)7-8/h2-4,7,13H,5-6H2,1H3,(H2,11,12,15). The number of methoxy groups -OCH3 is 1. The lowest BCUT2D eigenvalue weighted by Crippen LogP contribution is -2.31. The number of phenols is 1. The molecule has 15 heavy (non-hydrogen) atoms. The molecule has 0 fully saturated rings. The number of hydrogen-bond donors (Lipinski definition) is 3. The molecular weight excluding hydrogens is 212 g/mol. The van der Waals surface area contributed by atoms with E-state index in [0.29, 0.717) is 18.3 Å². The SMILES string of the molecule is COCCNC(=S)Nc1cccc(O)c1. The second kappa shape index (κ2) is 6.21. The maximum Gasteiger partial charge on any atom is 0.170 e. The fourth-order valence-electron chi connectivity index (χ4n) is 1.03. The summed E-state index contributed by atoms with van der Waals surface area (Å²) >= 11 is 5.03. The first-order chi connectivity index (χ1) is 7.22. The predicted octanol–water partition coefficient (Wildman–Crippen LogP) is 1.32. The van der Waals surface area contributed by atoms with Crippen LogP contribution in [0.15, 0.2) is 24.3 Å². The number of aromatic hydroxyl groups is 1. The van der Waals surface area contributed by atoms with Crippen molar-refractivity contribution >= 4 is 23.0 Å². The average Bonchev–Trinajstić information content (AvgIpc) is 2.18. The number of nitrogens with one attached hydrogen (secondary N) is 2. The number of anilines is 1. The monoisotopic (exact) mass is 226 g/mol. The highest BCUT2D eigenvalue weighted by Crippen LogP contribution is 2.14. The molecule has 0 aliphatic rings. The van der Waals surface area contributed by atoms with Crippen LogP contribution < -0.4 is 10.6 Å². The highest BCUT2D eigenvalue weighted by molar-refractivity contribution is 7.80. The third-order valence-corrected chi connectivity index (χ3v) is 1.94. The van der Waals surface area contributed by atoms with E-state index >= 15 is 0 Å². The highest BCUT2D eigenvalue weighted by atomic mass is 32.1. The summed E-state index contributed by atoms with van der Waals surface area (Å²) < 4.78 is 4.87. The van der Waals surface area contributed by atoms with Crippen molar-refractivity contribution in [1.82, 2.24) is 5.32 Å². The maximum atomic E-state index is 9.22. The molecule has 0 saturated carbocycles. The molecule has 0 bridgehead atoms. The summed E-state index contributed by atoms with van der Waals surface area (Å²) in [4.78, 5) is 0. The summed E-state index contributed by atoms with van der Waals surface area (Å²) in [6, 6.07) is 6.77. The van der Waals surface area contributed by atoms with Gasteiger partial charge in [-0.25, -0.2) is 0 Å². The summed E-state index contributed by atoms with van der Waals surface area (Å²) in [5, 5.41) is 15.6. The van der Waals surface area contributed by atoms with E-state index in [2.05, 4.69) is 10.6 Å². The van der Waals surface area contributed by atoms with Gasteiger partial charge in [0.25, 0.3) is 0 Å². The Morgan fingerprint density at radius 1 is 1.53 bits per heavy atom. The van der Waals surface area contributed by atoms with Crippen LogP contribution in [-0.2, 0) is 4.74 Å². The molecule has 0 aliphatic heterocycles. The molecule has 1 aromatic carbocycles. The molecule has 0 atom stereocenters. The molecule has 0 unspecified atom stereocenters. The van der Waals surface area contributed by atoms with Crippen molar-refractivity contribution in [3.63, 3.8) is 0 Å². The first-order valence-corrected chi connectivity index (χ1v) is 4.96. The lowest BCUT2D eigenvalue weighted by molar-refractivity contribution is 0.204. The minimum absolute atomic E-state index is 0.208. The summed E-state index contributed by atoms with van der Waals surface area (Å²) in [5.74, 6) is 0.208. The normalized spacial score (nSPS) is 9.67. The van der Waals surface area contributed by atoms with Gasteiger partial charge in [-0.15, -0.1) is 0 Å². The zero-order chi connectivity index (χ0) is 11.1. The smallest absolute Gasteiger partial charge is 0.170 e. The van der Waals surface area contributed by atoms with Gasteiger partial charge in [-0.2, -0.15) is 0 Å². The molecule has 0 saturated heterocycles. The van der Waals surface area contributed by atoms with Gasteiger partial charge in [0.15, 0.2) is 5.11 Å². The Morgan fingerprint density at radius 3 is 3.00 bits per heavy atom. The zero-order valence-electron chi connectivity index (χ0n) is 8.49.